The first kappa shape index (κ1) is 19.3. The van der Waals surface area contributed by atoms with E-state index >= 15 is 0 Å². The molecule has 4 aromatic rings. The standard InChI is InChI=1S/C23H23N5O3/c1-30-21-12-18-16(13-28(27-18)17-7-9-24-10-8-17)11-19(21)25-22(29)20-14-31-23(26-20)15-5-3-2-4-6-15/h2-6,11-14,17,24H,7-10H2,1H3,(H,25,29). The zero-order valence-corrected chi connectivity index (χ0v) is 17.2. The van der Waals surface area contributed by atoms with Gasteiger partial charge in [-0.05, 0) is 44.1 Å². The summed E-state index contributed by atoms with van der Waals surface area (Å²) in [7, 11) is 1.57. The predicted molar refractivity (Wildman–Crippen MR) is 117 cm³/mol. The van der Waals surface area contributed by atoms with Crippen LogP contribution in [0.4, 0.5) is 5.69 Å². The molecule has 0 unspecified atom stereocenters. The van der Waals surface area contributed by atoms with Crippen molar-refractivity contribution in [1.29, 1.82) is 0 Å². The number of nitrogens with one attached hydrogen (secondary N) is 2. The Morgan fingerprint density at radius 1 is 1.23 bits per heavy atom. The maximum Gasteiger partial charge on any atom is 0.277 e. The molecule has 0 saturated carbocycles. The minimum Gasteiger partial charge on any atom is -0.494 e. The van der Waals surface area contributed by atoms with Crippen molar-refractivity contribution in [3.63, 3.8) is 0 Å². The summed E-state index contributed by atoms with van der Waals surface area (Å²) in [4.78, 5) is 17.1. The molecule has 1 aliphatic heterocycles. The molecule has 3 heterocycles. The summed E-state index contributed by atoms with van der Waals surface area (Å²) in [5.41, 5.74) is 2.41. The van der Waals surface area contributed by atoms with Crippen LogP contribution in [0.1, 0.15) is 29.4 Å². The first-order chi connectivity index (χ1) is 15.2. The molecule has 1 aliphatic rings. The number of amides is 1. The second-order valence-corrected chi connectivity index (χ2v) is 7.56. The molecule has 8 nitrogen and oxygen atoms in total. The number of oxazole rings is 1. The summed E-state index contributed by atoms with van der Waals surface area (Å²) in [6.07, 6.45) is 5.48. The Balaban J connectivity index is 1.40. The average Bonchev–Trinajstić information content (AvgIpc) is 3.47. The van der Waals surface area contributed by atoms with Gasteiger partial charge in [0, 0.05) is 23.2 Å². The minimum atomic E-state index is -0.366. The van der Waals surface area contributed by atoms with Gasteiger partial charge in [0.2, 0.25) is 5.89 Å². The Morgan fingerprint density at radius 2 is 2.03 bits per heavy atom. The molecule has 0 aliphatic carbocycles. The molecule has 0 bridgehead atoms. The molecule has 1 saturated heterocycles. The van der Waals surface area contributed by atoms with E-state index in [-0.39, 0.29) is 11.6 Å². The van der Waals surface area contributed by atoms with Crippen molar-refractivity contribution < 1.29 is 13.9 Å². The van der Waals surface area contributed by atoms with Crippen molar-refractivity contribution >= 4 is 22.5 Å². The van der Waals surface area contributed by atoms with Crippen molar-refractivity contribution in [2.75, 3.05) is 25.5 Å². The lowest BCUT2D eigenvalue weighted by Crippen LogP contribution is -2.29. The number of hydrogen-bond donors (Lipinski definition) is 2. The smallest absolute Gasteiger partial charge is 0.277 e. The van der Waals surface area contributed by atoms with E-state index in [2.05, 4.69) is 15.6 Å². The third-order valence-electron chi connectivity index (χ3n) is 5.53. The normalized spacial score (nSPS) is 14.6. The van der Waals surface area contributed by atoms with Gasteiger partial charge in [-0.2, -0.15) is 5.10 Å². The molecule has 2 aromatic carbocycles. The Hall–Kier alpha value is -3.65. The van der Waals surface area contributed by atoms with E-state index in [4.69, 9.17) is 14.3 Å². The highest BCUT2D eigenvalue weighted by Gasteiger charge is 2.19. The van der Waals surface area contributed by atoms with Crippen molar-refractivity contribution in [1.82, 2.24) is 20.1 Å². The highest BCUT2D eigenvalue weighted by Crippen LogP contribution is 2.31. The van der Waals surface area contributed by atoms with Crippen LogP contribution in [0, 0.1) is 0 Å². The topological polar surface area (TPSA) is 94.2 Å². The van der Waals surface area contributed by atoms with E-state index in [1.54, 1.807) is 7.11 Å². The number of piperidine rings is 1. The molecular weight excluding hydrogens is 394 g/mol. The summed E-state index contributed by atoms with van der Waals surface area (Å²) < 4.78 is 13.0. The molecule has 0 atom stereocenters. The predicted octanol–water partition coefficient (Wildman–Crippen LogP) is 3.88. The maximum absolute atomic E-state index is 12.8. The second kappa shape index (κ2) is 8.23. The summed E-state index contributed by atoms with van der Waals surface area (Å²) in [5.74, 6) is 0.578. The van der Waals surface area contributed by atoms with Gasteiger partial charge >= 0.3 is 0 Å². The Bertz CT molecular complexity index is 1210. The van der Waals surface area contributed by atoms with Gasteiger partial charge in [-0.15, -0.1) is 0 Å². The summed E-state index contributed by atoms with van der Waals surface area (Å²) in [5, 5.41) is 11.9. The summed E-state index contributed by atoms with van der Waals surface area (Å²) in [6.45, 7) is 1.99. The van der Waals surface area contributed by atoms with Crippen molar-refractivity contribution in [3.8, 4) is 17.2 Å². The molecule has 5 rings (SSSR count). The highest BCUT2D eigenvalue weighted by atomic mass is 16.5. The van der Waals surface area contributed by atoms with Crippen LogP contribution in [0.15, 0.2) is 59.3 Å². The van der Waals surface area contributed by atoms with Crippen LogP contribution < -0.4 is 15.4 Å². The number of carbonyl (C=O) groups is 1. The minimum absolute atomic E-state index is 0.200. The molecule has 0 spiro atoms. The number of carbonyl (C=O) groups excluding carboxylic acids is 1. The van der Waals surface area contributed by atoms with E-state index < -0.39 is 0 Å². The molecule has 2 N–H and O–H groups in total. The van der Waals surface area contributed by atoms with E-state index in [0.717, 1.165) is 42.4 Å². The zero-order valence-electron chi connectivity index (χ0n) is 17.2. The van der Waals surface area contributed by atoms with Gasteiger partial charge in [-0.1, -0.05) is 18.2 Å². The van der Waals surface area contributed by atoms with Crippen LogP contribution in [-0.2, 0) is 0 Å². The van der Waals surface area contributed by atoms with Gasteiger partial charge in [0.15, 0.2) is 5.69 Å². The first-order valence-corrected chi connectivity index (χ1v) is 10.3. The Kier molecular flexibility index (Phi) is 5.13. The van der Waals surface area contributed by atoms with Gasteiger partial charge in [-0.3, -0.25) is 9.48 Å². The van der Waals surface area contributed by atoms with E-state index in [1.807, 2.05) is 53.3 Å². The van der Waals surface area contributed by atoms with Crippen molar-refractivity contribution in [2.45, 2.75) is 18.9 Å². The van der Waals surface area contributed by atoms with Crippen LogP contribution in [0.5, 0.6) is 5.75 Å². The van der Waals surface area contributed by atoms with Gasteiger partial charge in [-0.25, -0.2) is 4.98 Å². The largest absolute Gasteiger partial charge is 0.494 e. The monoisotopic (exact) mass is 417 g/mol. The number of benzene rings is 2. The van der Waals surface area contributed by atoms with E-state index in [1.165, 1.54) is 6.26 Å². The molecule has 1 amide bonds. The molecule has 31 heavy (non-hydrogen) atoms. The Labute approximate surface area is 179 Å². The Morgan fingerprint density at radius 3 is 2.81 bits per heavy atom. The second-order valence-electron chi connectivity index (χ2n) is 7.56. The molecule has 8 heteroatoms. The fourth-order valence-electron chi connectivity index (χ4n) is 3.87. The van der Waals surface area contributed by atoms with Gasteiger partial charge in [0.1, 0.15) is 12.0 Å². The number of methoxy groups -OCH3 is 1. The van der Waals surface area contributed by atoms with E-state index in [9.17, 15) is 4.79 Å². The quantitative estimate of drug-likeness (QED) is 0.512. The number of hydrogen-bond acceptors (Lipinski definition) is 6. The molecule has 2 aromatic heterocycles. The lowest BCUT2D eigenvalue weighted by molar-refractivity contribution is 0.102. The van der Waals surface area contributed by atoms with Gasteiger partial charge in [0.05, 0.1) is 24.4 Å². The highest BCUT2D eigenvalue weighted by molar-refractivity contribution is 6.05. The first-order valence-electron chi connectivity index (χ1n) is 10.3. The maximum atomic E-state index is 12.8. The van der Waals surface area contributed by atoms with Crippen LogP contribution in [-0.4, -0.2) is 40.9 Å². The molecule has 158 valence electrons. The van der Waals surface area contributed by atoms with Crippen LogP contribution in [0.25, 0.3) is 22.4 Å². The number of fused-ring (bicyclic) bond motifs is 1. The lowest BCUT2D eigenvalue weighted by atomic mass is 10.1. The van der Waals surface area contributed by atoms with Gasteiger partial charge < -0.3 is 19.8 Å². The number of rotatable bonds is 5. The van der Waals surface area contributed by atoms with Crippen molar-refractivity contribution in [3.05, 3.63) is 60.6 Å². The number of anilines is 1. The third kappa shape index (κ3) is 3.89. The third-order valence-corrected chi connectivity index (χ3v) is 5.53. The van der Waals surface area contributed by atoms with Gasteiger partial charge in [0.25, 0.3) is 5.91 Å². The fraction of sp³-hybridized carbons (Fsp3) is 0.261. The number of aromatic nitrogens is 3. The SMILES string of the molecule is COc1cc2nn(C3CCNCC3)cc2cc1NC(=O)c1coc(-c2ccccc2)n1. The van der Waals surface area contributed by atoms with E-state index in [0.29, 0.717) is 23.4 Å². The molecule has 1 fully saturated rings. The van der Waals surface area contributed by atoms with Crippen LogP contribution >= 0.6 is 0 Å². The van der Waals surface area contributed by atoms with Crippen LogP contribution in [0.2, 0.25) is 0 Å². The zero-order chi connectivity index (χ0) is 21.2. The lowest BCUT2D eigenvalue weighted by Gasteiger charge is -2.22. The van der Waals surface area contributed by atoms with Crippen LogP contribution in [0.3, 0.4) is 0 Å². The average molecular weight is 417 g/mol. The number of ether oxygens (including phenoxy) is 1. The fourth-order valence-corrected chi connectivity index (χ4v) is 3.87. The summed E-state index contributed by atoms with van der Waals surface area (Å²) in [6, 6.07) is 13.6. The van der Waals surface area contributed by atoms with Crippen molar-refractivity contribution in [2.24, 2.45) is 0 Å². The molecular formula is C23H23N5O3. The summed E-state index contributed by atoms with van der Waals surface area (Å²) >= 11 is 0. The molecule has 0 radical (unpaired) electrons. The number of nitrogens with zero attached hydrogens (tertiary/aromatic N) is 3.